The van der Waals surface area contributed by atoms with Crippen LogP contribution < -0.4 is 4.72 Å². The molecule has 0 bridgehead atoms. The van der Waals surface area contributed by atoms with Crippen LogP contribution in [0, 0.1) is 0 Å². The first kappa shape index (κ1) is 32.2. The summed E-state index contributed by atoms with van der Waals surface area (Å²) < 4.78 is 65.9. The van der Waals surface area contributed by atoms with Gasteiger partial charge in [-0.3, -0.25) is 4.79 Å². The van der Waals surface area contributed by atoms with Crippen LogP contribution >= 0.6 is 34.5 Å². The van der Waals surface area contributed by atoms with E-state index in [0.717, 1.165) is 17.4 Å². The molecule has 0 saturated heterocycles. The lowest BCUT2D eigenvalue weighted by molar-refractivity contribution is -0.147. The molecule has 0 unspecified atom stereocenters. The maximum absolute atomic E-state index is 13.4. The Kier molecular flexibility index (Phi) is 9.54. The molecule has 40 heavy (non-hydrogen) atoms. The lowest BCUT2D eigenvalue weighted by atomic mass is 10.0. The van der Waals surface area contributed by atoms with Crippen molar-refractivity contribution in [2.24, 2.45) is 0 Å². The van der Waals surface area contributed by atoms with Gasteiger partial charge in [-0.05, 0) is 46.8 Å². The number of nitrogens with zero attached hydrogens (tertiary/aromatic N) is 4. The molecule has 1 atom stereocenters. The van der Waals surface area contributed by atoms with Crippen LogP contribution in [0.5, 0.6) is 0 Å². The van der Waals surface area contributed by atoms with E-state index >= 15 is 0 Å². The number of thiazole rings is 1. The Labute approximate surface area is 243 Å². The summed E-state index contributed by atoms with van der Waals surface area (Å²) >= 11 is 13.8. The number of halogens is 5. The van der Waals surface area contributed by atoms with Gasteiger partial charge in [-0.15, -0.1) is 11.3 Å². The number of carbonyl (C=O) groups is 1. The number of alkyl halides is 3. The van der Waals surface area contributed by atoms with Crippen molar-refractivity contribution in [2.45, 2.75) is 57.3 Å². The van der Waals surface area contributed by atoms with Crippen molar-refractivity contribution in [3.05, 3.63) is 46.0 Å². The Hall–Kier alpha value is -2.36. The second-order valence-electron chi connectivity index (χ2n) is 9.15. The number of aliphatic hydroxyl groups is 1. The number of aromatic nitrogens is 3. The van der Waals surface area contributed by atoms with Crippen molar-refractivity contribution in [3.63, 3.8) is 0 Å². The van der Waals surface area contributed by atoms with Gasteiger partial charge < -0.3 is 10.0 Å². The Morgan fingerprint density at radius 1 is 1.15 bits per heavy atom. The van der Waals surface area contributed by atoms with Crippen LogP contribution in [0.2, 0.25) is 10.0 Å². The number of nitrogens with one attached hydrogen (secondary N) is 1. The summed E-state index contributed by atoms with van der Waals surface area (Å²) in [5.74, 6) is -0.441. The second-order valence-corrected chi connectivity index (χ2v) is 12.6. The first-order valence-corrected chi connectivity index (χ1v) is 14.9. The number of amides is 1. The molecule has 16 heteroatoms. The van der Waals surface area contributed by atoms with Gasteiger partial charge in [0.15, 0.2) is 0 Å². The molecule has 1 aromatic carbocycles. The number of hydrogen-bond acceptors (Lipinski definition) is 8. The van der Waals surface area contributed by atoms with Crippen LogP contribution in [-0.2, 0) is 15.6 Å². The van der Waals surface area contributed by atoms with Crippen molar-refractivity contribution in [1.29, 1.82) is 0 Å². The van der Waals surface area contributed by atoms with Gasteiger partial charge in [0.1, 0.15) is 39.3 Å². The molecule has 0 radical (unpaired) electrons. The Morgan fingerprint density at radius 2 is 1.77 bits per heavy atom. The van der Waals surface area contributed by atoms with Gasteiger partial charge in [0.25, 0.3) is 5.91 Å². The molecule has 0 aliphatic rings. The van der Waals surface area contributed by atoms with E-state index in [2.05, 4.69) is 15.0 Å². The Bertz CT molecular complexity index is 1520. The molecule has 218 valence electrons. The van der Waals surface area contributed by atoms with Gasteiger partial charge >= 0.3 is 6.18 Å². The maximum atomic E-state index is 13.4. The first-order chi connectivity index (χ1) is 18.4. The quantitative estimate of drug-likeness (QED) is 0.316. The second kappa shape index (κ2) is 11.9. The minimum atomic E-state index is -4.83. The zero-order valence-electron chi connectivity index (χ0n) is 22.0. The Morgan fingerprint density at radius 3 is 2.33 bits per heavy atom. The molecule has 2 N–H and O–H groups in total. The van der Waals surface area contributed by atoms with Gasteiger partial charge in [-0.25, -0.2) is 23.4 Å². The van der Waals surface area contributed by atoms with Crippen molar-refractivity contribution < 1.29 is 31.5 Å². The van der Waals surface area contributed by atoms with E-state index in [1.54, 1.807) is 32.4 Å². The molecule has 9 nitrogen and oxygen atoms in total. The number of benzene rings is 1. The van der Waals surface area contributed by atoms with Crippen molar-refractivity contribution >= 4 is 50.5 Å². The summed E-state index contributed by atoms with van der Waals surface area (Å²) in [7, 11) is -4.71. The highest BCUT2D eigenvalue weighted by Crippen LogP contribution is 2.43. The largest absolute Gasteiger partial charge is 0.404 e. The highest BCUT2D eigenvalue weighted by atomic mass is 35.5. The average Bonchev–Trinajstić information content (AvgIpc) is 3.30. The monoisotopic (exact) mass is 639 g/mol. The summed E-state index contributed by atoms with van der Waals surface area (Å²) in [6.07, 6.45) is -3.58. The number of carbonyl (C=O) groups excluding carboxylic acids is 1. The fourth-order valence-electron chi connectivity index (χ4n) is 3.50. The Balaban J connectivity index is 2.20. The minimum Gasteiger partial charge on any atom is -0.384 e. The summed E-state index contributed by atoms with van der Waals surface area (Å²) in [4.78, 5) is 27.3. The molecule has 3 rings (SSSR count). The summed E-state index contributed by atoms with van der Waals surface area (Å²) in [5.41, 5.74) is -0.533. The van der Waals surface area contributed by atoms with Crippen LogP contribution in [-0.4, -0.2) is 64.6 Å². The maximum Gasteiger partial charge on any atom is 0.404 e. The van der Waals surface area contributed by atoms with E-state index in [1.165, 1.54) is 23.4 Å². The summed E-state index contributed by atoms with van der Waals surface area (Å²) in [6, 6.07) is 1.40. The van der Waals surface area contributed by atoms with E-state index in [4.69, 9.17) is 23.2 Å². The lowest BCUT2D eigenvalue weighted by Gasteiger charge is -2.19. The minimum absolute atomic E-state index is 0.00971. The molecule has 0 spiro atoms. The smallest absolute Gasteiger partial charge is 0.384 e. The van der Waals surface area contributed by atoms with E-state index in [-0.39, 0.29) is 26.2 Å². The molecular formula is C24H26Cl2F3N5O4S2. The fraction of sp³-hybridized carbons (Fsp3) is 0.417. The van der Waals surface area contributed by atoms with Crippen LogP contribution in [0.15, 0.2) is 29.4 Å². The molecule has 1 amide bonds. The number of hydrogen-bond donors (Lipinski definition) is 2. The first-order valence-electron chi connectivity index (χ1n) is 11.8. The third-order valence-electron chi connectivity index (χ3n) is 5.80. The average molecular weight is 641 g/mol. The number of rotatable bonds is 9. The molecule has 2 heterocycles. The van der Waals surface area contributed by atoms with Gasteiger partial charge in [0, 0.05) is 18.7 Å². The van der Waals surface area contributed by atoms with Gasteiger partial charge in [0.05, 0.1) is 20.6 Å². The highest BCUT2D eigenvalue weighted by Gasteiger charge is 2.39. The van der Waals surface area contributed by atoms with E-state index < -0.39 is 43.7 Å². The SMILES string of the molecule is CCN(CC)C(=O)c1nc(-c2cc(C(C)(C)O)ncn2)sc1-c1ccc(S(=O)(=O)N[C@@H](C)C(F)(F)F)c(Cl)c1Cl. The zero-order chi connectivity index (χ0) is 30.2. The third-order valence-corrected chi connectivity index (χ3v) is 9.49. The zero-order valence-corrected chi connectivity index (χ0v) is 25.1. The fourth-order valence-corrected chi connectivity index (χ4v) is 6.71. The topological polar surface area (TPSA) is 125 Å². The van der Waals surface area contributed by atoms with Crippen molar-refractivity contribution in [3.8, 4) is 21.1 Å². The van der Waals surface area contributed by atoms with Crippen LogP contribution in [0.1, 0.15) is 50.8 Å². The summed E-state index contributed by atoms with van der Waals surface area (Å²) in [5, 5.41) is 9.82. The van der Waals surface area contributed by atoms with Crippen molar-refractivity contribution in [1.82, 2.24) is 24.6 Å². The lowest BCUT2D eigenvalue weighted by Crippen LogP contribution is -2.43. The predicted octanol–water partition coefficient (Wildman–Crippen LogP) is 5.51. The van der Waals surface area contributed by atoms with Crippen LogP contribution in [0.3, 0.4) is 0 Å². The third kappa shape index (κ3) is 6.74. The van der Waals surface area contributed by atoms with Gasteiger partial charge in [-0.2, -0.15) is 17.9 Å². The highest BCUT2D eigenvalue weighted by molar-refractivity contribution is 7.89. The predicted molar refractivity (Wildman–Crippen MR) is 147 cm³/mol. The molecule has 0 fully saturated rings. The van der Waals surface area contributed by atoms with E-state index in [9.17, 15) is 31.5 Å². The summed E-state index contributed by atoms with van der Waals surface area (Å²) in [6.45, 7) is 8.05. The molecule has 0 aliphatic heterocycles. The standard InChI is InChI=1S/C24H26Cl2F3N5O4S2/c1-6-34(7-2)22(35)19-20(39-21(32-19)14-10-16(23(4,5)36)31-11-30-14)13-8-9-15(18(26)17(13)25)40(37,38)33-12(3)24(27,28)29/h8-12,33,36H,6-7H2,1-5H3/t12-/m0/s1. The van der Waals surface area contributed by atoms with Crippen LogP contribution in [0.4, 0.5) is 13.2 Å². The van der Waals surface area contributed by atoms with E-state index in [1.807, 2.05) is 0 Å². The van der Waals surface area contributed by atoms with E-state index in [0.29, 0.717) is 31.4 Å². The molecule has 3 aromatic rings. The normalized spacial score (nSPS) is 13.4. The molecular weight excluding hydrogens is 614 g/mol. The molecule has 0 saturated carbocycles. The van der Waals surface area contributed by atoms with Crippen molar-refractivity contribution in [2.75, 3.05) is 13.1 Å². The van der Waals surface area contributed by atoms with Crippen LogP contribution in [0.25, 0.3) is 21.1 Å². The molecule has 2 aromatic heterocycles. The van der Waals surface area contributed by atoms with Gasteiger partial charge in [0.2, 0.25) is 10.0 Å². The number of sulfonamides is 1. The molecule has 0 aliphatic carbocycles. The van der Waals surface area contributed by atoms with Gasteiger partial charge in [-0.1, -0.05) is 29.3 Å².